The minimum absolute atomic E-state index is 0.665. The SMILES string of the molecule is c1ccc(-c2ccc(-c3nc(N4c5cc6ccccc6cc5-c5cccc6cccc4c56)nc4c3sc3ccccc34)cc2)nc1. The second-order valence-corrected chi connectivity index (χ2v) is 12.7. The van der Waals surface area contributed by atoms with Crippen LogP contribution in [-0.2, 0) is 0 Å². The Balaban J connectivity index is 1.27. The number of anilines is 3. The molecule has 0 saturated heterocycles. The smallest absolute Gasteiger partial charge is 0.235 e. The van der Waals surface area contributed by atoms with Crippen molar-refractivity contribution in [2.75, 3.05) is 4.90 Å². The molecule has 1 aliphatic rings. The Labute approximate surface area is 268 Å². The van der Waals surface area contributed by atoms with Gasteiger partial charge in [-0.25, -0.2) is 9.97 Å². The number of benzene rings is 6. The third-order valence-electron chi connectivity index (χ3n) is 9.05. The summed E-state index contributed by atoms with van der Waals surface area (Å²) >= 11 is 1.75. The van der Waals surface area contributed by atoms with E-state index in [0.29, 0.717) is 5.95 Å². The van der Waals surface area contributed by atoms with E-state index in [1.165, 1.54) is 37.4 Å². The van der Waals surface area contributed by atoms with Crippen LogP contribution in [0.1, 0.15) is 0 Å². The average Bonchev–Trinajstić information content (AvgIpc) is 3.50. The van der Waals surface area contributed by atoms with Crippen LogP contribution in [0.2, 0.25) is 0 Å². The molecule has 6 aromatic carbocycles. The first-order valence-corrected chi connectivity index (χ1v) is 16.2. The van der Waals surface area contributed by atoms with E-state index in [2.05, 4.69) is 131 Å². The number of aromatic nitrogens is 3. The third-order valence-corrected chi connectivity index (χ3v) is 10.2. The molecule has 0 radical (unpaired) electrons. The van der Waals surface area contributed by atoms with Crippen molar-refractivity contribution in [3.8, 4) is 33.6 Å². The molecule has 1 aliphatic heterocycles. The van der Waals surface area contributed by atoms with Gasteiger partial charge in [0.05, 0.1) is 33.0 Å². The summed E-state index contributed by atoms with van der Waals surface area (Å²) in [4.78, 5) is 17.7. The molecule has 4 nitrogen and oxygen atoms in total. The summed E-state index contributed by atoms with van der Waals surface area (Å²) in [6.07, 6.45) is 1.83. The molecule has 0 atom stereocenters. The Morgan fingerprint density at radius 3 is 2.13 bits per heavy atom. The first-order chi connectivity index (χ1) is 22.8. The van der Waals surface area contributed by atoms with Crippen molar-refractivity contribution in [2.24, 2.45) is 0 Å². The molecule has 5 heteroatoms. The summed E-state index contributed by atoms with van der Waals surface area (Å²) in [6, 6.07) is 49.4. The highest BCUT2D eigenvalue weighted by atomic mass is 32.1. The lowest BCUT2D eigenvalue weighted by molar-refractivity contribution is 1.12. The lowest BCUT2D eigenvalue weighted by Crippen LogP contribution is -2.18. The van der Waals surface area contributed by atoms with Crippen molar-refractivity contribution >= 4 is 70.5 Å². The highest BCUT2D eigenvalue weighted by molar-refractivity contribution is 7.26. The van der Waals surface area contributed by atoms with Crippen LogP contribution in [0.4, 0.5) is 17.3 Å². The van der Waals surface area contributed by atoms with E-state index in [-0.39, 0.29) is 0 Å². The standard InChI is InChI=1S/C41H24N4S/c1-2-10-29-24-35-32(23-28(29)9-1)30-14-7-11-26-12-8-16-34(37(26)30)45(35)41-43-38(40-39(44-41)31-13-3-4-17-36(31)46-40)27-20-18-25(19-21-27)33-15-5-6-22-42-33/h1-24H. The van der Waals surface area contributed by atoms with Crippen LogP contribution in [0.15, 0.2) is 146 Å². The first-order valence-electron chi connectivity index (χ1n) is 15.4. The Morgan fingerprint density at radius 1 is 0.543 bits per heavy atom. The maximum absolute atomic E-state index is 5.44. The van der Waals surface area contributed by atoms with Crippen molar-refractivity contribution < 1.29 is 0 Å². The van der Waals surface area contributed by atoms with Crippen LogP contribution in [0.3, 0.4) is 0 Å². The van der Waals surface area contributed by atoms with Crippen LogP contribution in [0, 0.1) is 0 Å². The van der Waals surface area contributed by atoms with E-state index in [4.69, 9.17) is 9.97 Å². The molecule has 10 rings (SSSR count). The molecule has 214 valence electrons. The zero-order valence-electron chi connectivity index (χ0n) is 24.6. The monoisotopic (exact) mass is 604 g/mol. The zero-order valence-corrected chi connectivity index (χ0v) is 25.4. The van der Waals surface area contributed by atoms with Crippen molar-refractivity contribution in [3.05, 3.63) is 146 Å². The molecule has 0 bridgehead atoms. The van der Waals surface area contributed by atoms with E-state index >= 15 is 0 Å². The van der Waals surface area contributed by atoms with Crippen LogP contribution in [0.25, 0.3) is 75.5 Å². The van der Waals surface area contributed by atoms with E-state index in [9.17, 15) is 0 Å². The lowest BCUT2D eigenvalue weighted by Gasteiger charge is -2.32. The molecule has 0 N–H and O–H groups in total. The minimum atomic E-state index is 0.665. The van der Waals surface area contributed by atoms with E-state index in [0.717, 1.165) is 49.5 Å². The highest BCUT2D eigenvalue weighted by Crippen LogP contribution is 2.52. The largest absolute Gasteiger partial charge is 0.278 e. The molecule has 0 amide bonds. The van der Waals surface area contributed by atoms with Crippen molar-refractivity contribution in [1.82, 2.24) is 15.0 Å². The molecule has 46 heavy (non-hydrogen) atoms. The van der Waals surface area contributed by atoms with Gasteiger partial charge in [0.25, 0.3) is 0 Å². The number of pyridine rings is 1. The predicted octanol–water partition coefficient (Wildman–Crippen LogP) is 11.3. The Hall–Kier alpha value is -5.91. The van der Waals surface area contributed by atoms with Gasteiger partial charge in [0.1, 0.15) is 0 Å². The number of fused-ring (bicyclic) bond motifs is 6. The summed E-state index contributed by atoms with van der Waals surface area (Å²) in [5.74, 6) is 0.665. The highest BCUT2D eigenvalue weighted by Gasteiger charge is 2.29. The van der Waals surface area contributed by atoms with Gasteiger partial charge in [-0.05, 0) is 58.1 Å². The Kier molecular flexibility index (Phi) is 5.41. The van der Waals surface area contributed by atoms with Gasteiger partial charge in [0, 0.05) is 38.4 Å². The van der Waals surface area contributed by atoms with Crippen LogP contribution >= 0.6 is 11.3 Å². The first kappa shape index (κ1) is 25.4. The van der Waals surface area contributed by atoms with E-state index in [1.54, 1.807) is 11.3 Å². The van der Waals surface area contributed by atoms with Gasteiger partial charge in [-0.1, -0.05) is 103 Å². The van der Waals surface area contributed by atoms with Crippen LogP contribution in [-0.4, -0.2) is 15.0 Å². The molecule has 4 heterocycles. The summed E-state index contributed by atoms with van der Waals surface area (Å²) in [5.41, 5.74) is 9.57. The van der Waals surface area contributed by atoms with Crippen molar-refractivity contribution in [1.29, 1.82) is 0 Å². The number of hydrogen-bond acceptors (Lipinski definition) is 5. The fourth-order valence-corrected chi connectivity index (χ4v) is 8.07. The second kappa shape index (κ2) is 9.80. The number of rotatable bonds is 3. The quantitative estimate of drug-likeness (QED) is 0.201. The van der Waals surface area contributed by atoms with Crippen molar-refractivity contribution in [3.63, 3.8) is 0 Å². The summed E-state index contributed by atoms with van der Waals surface area (Å²) < 4.78 is 2.29. The van der Waals surface area contributed by atoms with Gasteiger partial charge < -0.3 is 0 Å². The maximum Gasteiger partial charge on any atom is 0.235 e. The number of hydrogen-bond donors (Lipinski definition) is 0. The molecule has 3 aromatic heterocycles. The summed E-state index contributed by atoms with van der Waals surface area (Å²) in [5, 5.41) is 5.96. The molecule has 0 spiro atoms. The van der Waals surface area contributed by atoms with Gasteiger partial charge in [-0.2, -0.15) is 0 Å². The van der Waals surface area contributed by atoms with Crippen LogP contribution < -0.4 is 4.90 Å². The van der Waals surface area contributed by atoms with Gasteiger partial charge >= 0.3 is 0 Å². The summed E-state index contributed by atoms with van der Waals surface area (Å²) in [7, 11) is 0. The second-order valence-electron chi connectivity index (χ2n) is 11.7. The fourth-order valence-electron chi connectivity index (χ4n) is 6.91. The van der Waals surface area contributed by atoms with Gasteiger partial charge in [-0.15, -0.1) is 11.3 Å². The molecule has 0 saturated carbocycles. The average molecular weight is 605 g/mol. The fraction of sp³-hybridized carbons (Fsp3) is 0. The summed E-state index contributed by atoms with van der Waals surface area (Å²) in [6.45, 7) is 0. The Bertz CT molecular complexity index is 2640. The van der Waals surface area contributed by atoms with E-state index in [1.807, 2.05) is 24.4 Å². The number of nitrogens with zero attached hydrogens (tertiary/aromatic N) is 4. The minimum Gasteiger partial charge on any atom is -0.278 e. The topological polar surface area (TPSA) is 41.9 Å². The molecular formula is C41H24N4S. The van der Waals surface area contributed by atoms with Gasteiger partial charge in [-0.3, -0.25) is 9.88 Å². The third kappa shape index (κ3) is 3.76. The molecule has 0 aliphatic carbocycles. The zero-order chi connectivity index (χ0) is 30.2. The molecule has 0 fully saturated rings. The normalized spacial score (nSPS) is 12.3. The molecule has 9 aromatic rings. The molecule has 0 unspecified atom stereocenters. The van der Waals surface area contributed by atoms with Gasteiger partial charge in [0.15, 0.2) is 0 Å². The lowest BCUT2D eigenvalue weighted by atomic mass is 9.90. The number of thiophene rings is 1. The predicted molar refractivity (Wildman–Crippen MR) is 192 cm³/mol. The Morgan fingerprint density at radius 2 is 1.28 bits per heavy atom. The van der Waals surface area contributed by atoms with Gasteiger partial charge in [0.2, 0.25) is 5.95 Å². The van der Waals surface area contributed by atoms with E-state index < -0.39 is 0 Å². The molecular weight excluding hydrogens is 581 g/mol. The van der Waals surface area contributed by atoms with Crippen LogP contribution in [0.5, 0.6) is 0 Å². The maximum atomic E-state index is 5.44. The van der Waals surface area contributed by atoms with Crippen molar-refractivity contribution in [2.45, 2.75) is 0 Å².